The van der Waals surface area contributed by atoms with Crippen LogP contribution in [-0.2, 0) is 0 Å². The van der Waals surface area contributed by atoms with Crippen LogP contribution >= 0.6 is 0 Å². The minimum Gasteiger partial charge on any atom is -0.318 e. The average molecular weight is 144 g/mol. The van der Waals surface area contributed by atoms with Gasteiger partial charge in [0.15, 0.2) is 0 Å². The highest BCUT2D eigenvalue weighted by Gasteiger charge is 2.04. The molecule has 0 aliphatic rings. The quantitative estimate of drug-likeness (QED) is 0.601. The molecule has 10 heavy (non-hydrogen) atoms. The Morgan fingerprint density at radius 3 is 2.20 bits per heavy atom. The number of hydrogen-bond acceptors (Lipinski definition) is 2. The van der Waals surface area contributed by atoms with E-state index in [9.17, 15) is 0 Å². The number of nitrogens with one attached hydrogen (secondary N) is 2. The normalized spacial score (nSPS) is 14.1. The molecule has 0 aromatic rings. The van der Waals surface area contributed by atoms with Crippen LogP contribution in [0.25, 0.3) is 0 Å². The van der Waals surface area contributed by atoms with E-state index >= 15 is 0 Å². The second kappa shape index (κ2) is 5.69. The lowest BCUT2D eigenvalue weighted by molar-refractivity contribution is 0.438. The predicted octanol–water partition coefficient (Wildman–Crippen LogP) is 0.982. The zero-order chi connectivity index (χ0) is 7.98. The topological polar surface area (TPSA) is 24.1 Å². The van der Waals surface area contributed by atoms with Gasteiger partial charge in [-0.3, -0.25) is 0 Å². The van der Waals surface area contributed by atoms with Crippen molar-refractivity contribution >= 4 is 0 Å². The highest BCUT2D eigenvalue weighted by Crippen LogP contribution is 1.90. The molecule has 0 aliphatic heterocycles. The van der Waals surface area contributed by atoms with Crippen LogP contribution in [0, 0.1) is 0 Å². The highest BCUT2D eigenvalue weighted by atomic mass is 15.0. The molecule has 2 heteroatoms. The third kappa shape index (κ3) is 4.77. The van der Waals surface area contributed by atoms with E-state index in [0.29, 0.717) is 12.1 Å². The molecule has 62 valence electrons. The van der Waals surface area contributed by atoms with Crippen LogP contribution in [0.5, 0.6) is 0 Å². The van der Waals surface area contributed by atoms with Gasteiger partial charge in [0.1, 0.15) is 0 Å². The molecular weight excluding hydrogens is 124 g/mol. The molecule has 1 unspecified atom stereocenters. The minimum absolute atomic E-state index is 0.596. The Bertz CT molecular complexity index is 71.7. The van der Waals surface area contributed by atoms with Gasteiger partial charge < -0.3 is 10.6 Å². The number of likely N-dealkylation sites (N-methyl/N-ethyl adjacent to an activating group) is 1. The lowest BCUT2D eigenvalue weighted by atomic mass is 10.2. The molecule has 0 amide bonds. The standard InChI is InChI=1S/C8H20N2/c1-5-8(6-9-4)10-7(2)3/h7-10H,5-6H2,1-4H3. The molecule has 0 aromatic heterocycles. The Morgan fingerprint density at radius 2 is 1.90 bits per heavy atom. The second-order valence-corrected chi connectivity index (χ2v) is 2.98. The Labute approximate surface area is 64.4 Å². The Morgan fingerprint density at radius 1 is 1.30 bits per heavy atom. The average Bonchev–Trinajstić information content (AvgIpc) is 1.86. The second-order valence-electron chi connectivity index (χ2n) is 2.98. The van der Waals surface area contributed by atoms with Gasteiger partial charge in [0, 0.05) is 18.6 Å². The molecule has 0 spiro atoms. The van der Waals surface area contributed by atoms with Crippen LogP contribution in [-0.4, -0.2) is 25.7 Å². The minimum atomic E-state index is 0.596. The number of rotatable bonds is 5. The van der Waals surface area contributed by atoms with Crippen LogP contribution in [0.15, 0.2) is 0 Å². The van der Waals surface area contributed by atoms with Crippen LogP contribution < -0.4 is 10.6 Å². The van der Waals surface area contributed by atoms with E-state index in [2.05, 4.69) is 31.4 Å². The molecule has 0 aliphatic carbocycles. The van der Waals surface area contributed by atoms with Crippen molar-refractivity contribution in [3.8, 4) is 0 Å². The van der Waals surface area contributed by atoms with Gasteiger partial charge in [-0.25, -0.2) is 0 Å². The molecule has 0 radical (unpaired) electrons. The summed E-state index contributed by atoms with van der Waals surface area (Å²) in [5, 5.41) is 6.63. The van der Waals surface area contributed by atoms with Crippen LogP contribution in [0.2, 0.25) is 0 Å². The molecular formula is C8H20N2. The smallest absolute Gasteiger partial charge is 0.0192 e. The molecule has 0 aromatic carbocycles. The summed E-state index contributed by atoms with van der Waals surface area (Å²) in [6, 6.07) is 1.23. The third-order valence-electron chi connectivity index (χ3n) is 1.51. The first kappa shape index (κ1) is 9.92. The SMILES string of the molecule is CCC(CNC)NC(C)C. The van der Waals surface area contributed by atoms with Gasteiger partial charge in [0.05, 0.1) is 0 Å². The van der Waals surface area contributed by atoms with Crippen molar-refractivity contribution in [3.05, 3.63) is 0 Å². The van der Waals surface area contributed by atoms with Gasteiger partial charge in [0.2, 0.25) is 0 Å². The van der Waals surface area contributed by atoms with Gasteiger partial charge in [-0.1, -0.05) is 20.8 Å². The van der Waals surface area contributed by atoms with E-state index in [4.69, 9.17) is 0 Å². The van der Waals surface area contributed by atoms with E-state index in [1.165, 1.54) is 6.42 Å². The maximum absolute atomic E-state index is 3.47. The summed E-state index contributed by atoms with van der Waals surface area (Å²) in [4.78, 5) is 0. The fraction of sp³-hybridized carbons (Fsp3) is 1.00. The summed E-state index contributed by atoms with van der Waals surface area (Å²) in [5.74, 6) is 0. The van der Waals surface area contributed by atoms with Crippen molar-refractivity contribution in [3.63, 3.8) is 0 Å². The van der Waals surface area contributed by atoms with E-state index in [-0.39, 0.29) is 0 Å². The van der Waals surface area contributed by atoms with E-state index in [1.807, 2.05) is 7.05 Å². The first-order chi connectivity index (χ1) is 4.70. The largest absolute Gasteiger partial charge is 0.318 e. The van der Waals surface area contributed by atoms with Crippen LogP contribution in [0.4, 0.5) is 0 Å². The molecule has 0 bridgehead atoms. The fourth-order valence-corrected chi connectivity index (χ4v) is 1.04. The molecule has 0 heterocycles. The molecule has 0 saturated heterocycles. The lowest BCUT2D eigenvalue weighted by Gasteiger charge is -2.18. The summed E-state index contributed by atoms with van der Waals surface area (Å²) in [5.41, 5.74) is 0. The molecule has 0 rings (SSSR count). The third-order valence-corrected chi connectivity index (χ3v) is 1.51. The molecule has 0 saturated carbocycles. The van der Waals surface area contributed by atoms with Crippen LogP contribution in [0.1, 0.15) is 27.2 Å². The number of hydrogen-bond donors (Lipinski definition) is 2. The van der Waals surface area contributed by atoms with Crippen LogP contribution in [0.3, 0.4) is 0 Å². The van der Waals surface area contributed by atoms with E-state index in [1.54, 1.807) is 0 Å². The molecule has 2 nitrogen and oxygen atoms in total. The van der Waals surface area contributed by atoms with E-state index in [0.717, 1.165) is 6.54 Å². The van der Waals surface area contributed by atoms with Crippen molar-refractivity contribution in [1.82, 2.24) is 10.6 Å². The zero-order valence-electron chi connectivity index (χ0n) is 7.57. The van der Waals surface area contributed by atoms with Gasteiger partial charge >= 0.3 is 0 Å². The Balaban J connectivity index is 3.39. The van der Waals surface area contributed by atoms with Crippen molar-refractivity contribution in [2.45, 2.75) is 39.3 Å². The molecule has 0 fully saturated rings. The lowest BCUT2D eigenvalue weighted by Crippen LogP contribution is -2.40. The van der Waals surface area contributed by atoms with Crippen molar-refractivity contribution in [2.24, 2.45) is 0 Å². The molecule has 2 N–H and O–H groups in total. The predicted molar refractivity (Wildman–Crippen MR) is 46.3 cm³/mol. The monoisotopic (exact) mass is 144 g/mol. The summed E-state index contributed by atoms with van der Waals surface area (Å²) >= 11 is 0. The summed E-state index contributed by atoms with van der Waals surface area (Å²) in [7, 11) is 1.99. The Hall–Kier alpha value is -0.0800. The summed E-state index contributed by atoms with van der Waals surface area (Å²) in [6.07, 6.45) is 1.19. The maximum Gasteiger partial charge on any atom is 0.0192 e. The highest BCUT2D eigenvalue weighted by molar-refractivity contribution is 4.68. The summed E-state index contributed by atoms with van der Waals surface area (Å²) in [6.45, 7) is 7.63. The molecule has 1 atom stereocenters. The van der Waals surface area contributed by atoms with Gasteiger partial charge in [-0.2, -0.15) is 0 Å². The maximum atomic E-state index is 3.47. The first-order valence-electron chi connectivity index (χ1n) is 4.11. The van der Waals surface area contributed by atoms with Crippen molar-refractivity contribution in [1.29, 1.82) is 0 Å². The Kier molecular flexibility index (Phi) is 5.64. The van der Waals surface area contributed by atoms with Gasteiger partial charge in [0.25, 0.3) is 0 Å². The van der Waals surface area contributed by atoms with Crippen molar-refractivity contribution in [2.75, 3.05) is 13.6 Å². The zero-order valence-corrected chi connectivity index (χ0v) is 7.57. The summed E-state index contributed by atoms with van der Waals surface area (Å²) < 4.78 is 0. The first-order valence-corrected chi connectivity index (χ1v) is 4.11. The van der Waals surface area contributed by atoms with Gasteiger partial charge in [-0.05, 0) is 13.5 Å². The fourth-order valence-electron chi connectivity index (χ4n) is 1.04. The van der Waals surface area contributed by atoms with Gasteiger partial charge in [-0.15, -0.1) is 0 Å². The van der Waals surface area contributed by atoms with Crippen molar-refractivity contribution < 1.29 is 0 Å². The van der Waals surface area contributed by atoms with E-state index < -0.39 is 0 Å².